The largest absolute Gasteiger partial charge is 0.497 e. The highest BCUT2D eigenvalue weighted by atomic mass is 16.5. The molecule has 0 saturated carbocycles. The number of rotatable bonds is 4. The third-order valence-electron chi connectivity index (χ3n) is 4.74. The van der Waals surface area contributed by atoms with Gasteiger partial charge in [0.05, 0.1) is 14.2 Å². The van der Waals surface area contributed by atoms with E-state index in [-0.39, 0.29) is 11.8 Å². The molecular weight excluding hydrogens is 344 g/mol. The van der Waals surface area contributed by atoms with Gasteiger partial charge in [0.1, 0.15) is 11.5 Å². The van der Waals surface area contributed by atoms with Gasteiger partial charge in [-0.05, 0) is 55.0 Å². The molecule has 1 aliphatic rings. The molecule has 0 aliphatic carbocycles. The highest BCUT2D eigenvalue weighted by molar-refractivity contribution is 5.95. The van der Waals surface area contributed by atoms with Crippen molar-refractivity contribution in [2.45, 2.75) is 6.42 Å². The van der Waals surface area contributed by atoms with Crippen molar-refractivity contribution in [2.75, 3.05) is 40.4 Å². The molecule has 6 heteroatoms. The monoisotopic (exact) mass is 368 g/mol. The van der Waals surface area contributed by atoms with E-state index in [1.165, 1.54) is 0 Å². The molecule has 2 aromatic carbocycles. The van der Waals surface area contributed by atoms with Crippen LogP contribution in [0.1, 0.15) is 27.1 Å². The van der Waals surface area contributed by atoms with E-state index in [4.69, 9.17) is 9.47 Å². The molecule has 0 aromatic heterocycles. The van der Waals surface area contributed by atoms with Gasteiger partial charge in [-0.2, -0.15) is 0 Å². The van der Waals surface area contributed by atoms with Gasteiger partial charge < -0.3 is 19.3 Å². The van der Waals surface area contributed by atoms with Gasteiger partial charge in [0.2, 0.25) is 0 Å². The lowest BCUT2D eigenvalue weighted by Crippen LogP contribution is -2.37. The first-order valence-corrected chi connectivity index (χ1v) is 8.99. The second-order valence-corrected chi connectivity index (χ2v) is 6.39. The van der Waals surface area contributed by atoms with E-state index >= 15 is 0 Å². The zero-order valence-corrected chi connectivity index (χ0v) is 15.7. The Bertz CT molecular complexity index is 719. The van der Waals surface area contributed by atoms with Crippen molar-refractivity contribution < 1.29 is 19.1 Å². The summed E-state index contributed by atoms with van der Waals surface area (Å²) in [6, 6.07) is 14.2. The van der Waals surface area contributed by atoms with Crippen LogP contribution in [0.3, 0.4) is 0 Å². The Morgan fingerprint density at radius 2 is 1.04 bits per heavy atom. The lowest BCUT2D eigenvalue weighted by Gasteiger charge is -2.22. The zero-order valence-electron chi connectivity index (χ0n) is 15.7. The average molecular weight is 368 g/mol. The van der Waals surface area contributed by atoms with E-state index in [9.17, 15) is 9.59 Å². The Balaban J connectivity index is 1.63. The van der Waals surface area contributed by atoms with Crippen LogP contribution in [0, 0.1) is 0 Å². The van der Waals surface area contributed by atoms with Crippen molar-refractivity contribution in [3.05, 3.63) is 59.7 Å². The first-order valence-electron chi connectivity index (χ1n) is 8.99. The molecule has 27 heavy (non-hydrogen) atoms. The molecule has 0 atom stereocenters. The molecule has 0 bridgehead atoms. The minimum Gasteiger partial charge on any atom is -0.497 e. The Morgan fingerprint density at radius 1 is 0.667 bits per heavy atom. The van der Waals surface area contributed by atoms with Crippen LogP contribution in [0.25, 0.3) is 0 Å². The quantitative estimate of drug-likeness (QED) is 0.833. The fraction of sp³-hybridized carbons (Fsp3) is 0.333. The SMILES string of the molecule is COc1ccc(C(=O)N2CCCN(C(=O)c3ccc(OC)cc3)CC2)cc1. The normalized spacial score (nSPS) is 14.4. The molecule has 0 spiro atoms. The fourth-order valence-corrected chi connectivity index (χ4v) is 3.16. The van der Waals surface area contributed by atoms with Crippen LogP contribution in [0.15, 0.2) is 48.5 Å². The van der Waals surface area contributed by atoms with Gasteiger partial charge in [0.15, 0.2) is 0 Å². The Labute approximate surface area is 159 Å². The number of methoxy groups -OCH3 is 2. The van der Waals surface area contributed by atoms with E-state index in [0.717, 1.165) is 17.9 Å². The molecular formula is C21H24N2O4. The molecule has 3 rings (SSSR count). The number of amides is 2. The molecule has 1 heterocycles. The summed E-state index contributed by atoms with van der Waals surface area (Å²) in [4.78, 5) is 29.1. The standard InChI is InChI=1S/C21H24N2O4/c1-26-18-8-4-16(5-9-18)20(24)22-12-3-13-23(15-14-22)21(25)17-6-10-19(27-2)11-7-17/h4-11H,3,12-15H2,1-2H3. The van der Waals surface area contributed by atoms with Crippen LogP contribution in [-0.2, 0) is 0 Å². The summed E-state index contributed by atoms with van der Waals surface area (Å²) in [6.07, 6.45) is 0.754. The predicted molar refractivity (Wildman–Crippen MR) is 102 cm³/mol. The van der Waals surface area contributed by atoms with E-state index in [0.29, 0.717) is 37.3 Å². The van der Waals surface area contributed by atoms with E-state index in [1.807, 2.05) is 9.80 Å². The summed E-state index contributed by atoms with van der Waals surface area (Å²) in [6.45, 7) is 2.31. The molecule has 2 amide bonds. The van der Waals surface area contributed by atoms with E-state index in [2.05, 4.69) is 0 Å². The third-order valence-corrected chi connectivity index (χ3v) is 4.74. The zero-order chi connectivity index (χ0) is 19.2. The highest BCUT2D eigenvalue weighted by Gasteiger charge is 2.23. The smallest absolute Gasteiger partial charge is 0.253 e. The van der Waals surface area contributed by atoms with Gasteiger partial charge in [0.25, 0.3) is 11.8 Å². The van der Waals surface area contributed by atoms with Crippen LogP contribution in [0.5, 0.6) is 11.5 Å². The van der Waals surface area contributed by atoms with Crippen LogP contribution in [-0.4, -0.2) is 62.0 Å². The maximum Gasteiger partial charge on any atom is 0.253 e. The predicted octanol–water partition coefficient (Wildman–Crippen LogP) is 2.69. The summed E-state index contributed by atoms with van der Waals surface area (Å²) >= 11 is 0. The fourth-order valence-electron chi connectivity index (χ4n) is 3.16. The summed E-state index contributed by atoms with van der Waals surface area (Å²) in [7, 11) is 3.19. The van der Waals surface area contributed by atoms with Crippen LogP contribution in [0.4, 0.5) is 0 Å². The van der Waals surface area contributed by atoms with Crippen molar-refractivity contribution >= 4 is 11.8 Å². The molecule has 0 unspecified atom stereocenters. The number of benzene rings is 2. The maximum atomic E-state index is 12.7. The van der Waals surface area contributed by atoms with Gasteiger partial charge in [-0.25, -0.2) is 0 Å². The van der Waals surface area contributed by atoms with Crippen molar-refractivity contribution in [2.24, 2.45) is 0 Å². The van der Waals surface area contributed by atoms with E-state index < -0.39 is 0 Å². The lowest BCUT2D eigenvalue weighted by atomic mass is 10.2. The second-order valence-electron chi connectivity index (χ2n) is 6.39. The first-order chi connectivity index (χ1) is 13.1. The number of ether oxygens (including phenoxy) is 2. The van der Waals surface area contributed by atoms with Crippen LogP contribution < -0.4 is 9.47 Å². The Kier molecular flexibility index (Phi) is 5.96. The second kappa shape index (κ2) is 8.58. The summed E-state index contributed by atoms with van der Waals surface area (Å²) in [5, 5.41) is 0. The summed E-state index contributed by atoms with van der Waals surface area (Å²) < 4.78 is 10.3. The van der Waals surface area contributed by atoms with Gasteiger partial charge in [-0.15, -0.1) is 0 Å². The van der Waals surface area contributed by atoms with Crippen molar-refractivity contribution in [3.63, 3.8) is 0 Å². The van der Waals surface area contributed by atoms with Crippen molar-refractivity contribution in [3.8, 4) is 11.5 Å². The molecule has 2 aromatic rings. The minimum absolute atomic E-state index is 0.0172. The molecule has 0 radical (unpaired) electrons. The van der Waals surface area contributed by atoms with E-state index in [1.54, 1.807) is 62.8 Å². The van der Waals surface area contributed by atoms with Gasteiger partial charge >= 0.3 is 0 Å². The topological polar surface area (TPSA) is 59.1 Å². The molecule has 1 saturated heterocycles. The Morgan fingerprint density at radius 3 is 1.37 bits per heavy atom. The molecule has 6 nitrogen and oxygen atoms in total. The maximum absolute atomic E-state index is 12.7. The lowest BCUT2D eigenvalue weighted by molar-refractivity contribution is 0.0718. The first kappa shape index (κ1) is 18.8. The van der Waals surface area contributed by atoms with Gasteiger partial charge in [0, 0.05) is 37.3 Å². The average Bonchev–Trinajstić information content (AvgIpc) is 2.99. The number of hydrogen-bond donors (Lipinski definition) is 0. The summed E-state index contributed by atoms with van der Waals surface area (Å²) in [5.41, 5.74) is 1.26. The Hall–Kier alpha value is -3.02. The number of nitrogens with zero attached hydrogens (tertiary/aromatic N) is 2. The minimum atomic E-state index is -0.0172. The van der Waals surface area contributed by atoms with Crippen molar-refractivity contribution in [1.29, 1.82) is 0 Å². The summed E-state index contributed by atoms with van der Waals surface area (Å²) in [5.74, 6) is 1.41. The van der Waals surface area contributed by atoms with Gasteiger partial charge in [-0.1, -0.05) is 0 Å². The van der Waals surface area contributed by atoms with Gasteiger partial charge in [-0.3, -0.25) is 9.59 Å². The molecule has 1 fully saturated rings. The highest BCUT2D eigenvalue weighted by Crippen LogP contribution is 2.17. The molecule has 1 aliphatic heterocycles. The van der Waals surface area contributed by atoms with Crippen LogP contribution >= 0.6 is 0 Å². The molecule has 0 N–H and O–H groups in total. The number of carbonyl (C=O) groups is 2. The molecule has 142 valence electrons. The number of carbonyl (C=O) groups excluding carboxylic acids is 2. The van der Waals surface area contributed by atoms with Crippen molar-refractivity contribution in [1.82, 2.24) is 9.80 Å². The number of hydrogen-bond acceptors (Lipinski definition) is 4. The third kappa shape index (κ3) is 4.39. The van der Waals surface area contributed by atoms with Crippen LogP contribution in [0.2, 0.25) is 0 Å².